The number of hydrogen-bond acceptors (Lipinski definition) is 3. The number of hydrogen-bond donors (Lipinski definition) is 0. The van der Waals surface area contributed by atoms with Crippen LogP contribution in [0.4, 0.5) is 4.39 Å². The standard InChI is InChI=1S/C27H29FN2O2.C2H6.C2H4/c1-7-10-16(3)18-13-17(27(4,5)6)14-19-22(32-23(31)8-2)15-30-25-20(28)11-9-12-21(25)29-26(30)24(18)19;2*1-2/h8-9,11-16H,2,7,10H2,1,3-6H3;1-2H3;1-2H2. The predicted octanol–water partition coefficient (Wildman–Crippen LogP) is 8.90. The lowest BCUT2D eigenvalue weighted by Crippen LogP contribution is -2.13. The van der Waals surface area contributed by atoms with E-state index in [4.69, 9.17) is 9.72 Å². The summed E-state index contributed by atoms with van der Waals surface area (Å²) < 4.78 is 22.2. The van der Waals surface area contributed by atoms with Gasteiger partial charge in [0.15, 0.2) is 5.75 Å². The van der Waals surface area contributed by atoms with Crippen molar-refractivity contribution in [2.24, 2.45) is 0 Å². The molecule has 0 radical (unpaired) electrons. The van der Waals surface area contributed by atoms with Gasteiger partial charge in [-0.1, -0.05) is 73.6 Å². The second-order valence-corrected chi connectivity index (χ2v) is 9.46. The van der Waals surface area contributed by atoms with Crippen molar-refractivity contribution in [1.82, 2.24) is 9.38 Å². The molecule has 4 rings (SSSR count). The molecule has 0 aliphatic heterocycles. The average Bonchev–Trinajstić information content (AvgIpc) is 3.25. The van der Waals surface area contributed by atoms with Gasteiger partial charge in [-0.2, -0.15) is 0 Å². The summed E-state index contributed by atoms with van der Waals surface area (Å²) in [7, 11) is 0. The molecular formula is C31H39FN2O2. The van der Waals surface area contributed by atoms with Gasteiger partial charge in [0.2, 0.25) is 0 Å². The van der Waals surface area contributed by atoms with Gasteiger partial charge in [0.05, 0.1) is 11.7 Å². The van der Waals surface area contributed by atoms with E-state index in [1.54, 1.807) is 22.7 Å². The molecule has 0 aliphatic rings. The van der Waals surface area contributed by atoms with Crippen LogP contribution in [0.25, 0.3) is 27.5 Å². The zero-order valence-corrected chi connectivity index (χ0v) is 22.7. The Morgan fingerprint density at radius 3 is 2.47 bits per heavy atom. The fraction of sp³-hybridized carbons (Fsp3) is 0.355. The van der Waals surface area contributed by atoms with Gasteiger partial charge in [0.25, 0.3) is 0 Å². The van der Waals surface area contributed by atoms with Gasteiger partial charge in [0, 0.05) is 16.8 Å². The molecule has 0 fully saturated rings. The molecule has 0 amide bonds. The summed E-state index contributed by atoms with van der Waals surface area (Å²) >= 11 is 0. The van der Waals surface area contributed by atoms with Crippen LogP contribution in [0.1, 0.15) is 78.4 Å². The molecule has 5 heteroatoms. The molecule has 2 aromatic heterocycles. The lowest BCUT2D eigenvalue weighted by atomic mass is 9.81. The Kier molecular flexibility index (Phi) is 9.57. The van der Waals surface area contributed by atoms with Crippen molar-refractivity contribution >= 4 is 33.4 Å². The molecular weight excluding hydrogens is 451 g/mol. The molecule has 2 aromatic carbocycles. The highest BCUT2D eigenvalue weighted by Crippen LogP contribution is 2.41. The number of carbonyl (C=O) groups excluding carboxylic acids is 1. The maximum absolute atomic E-state index is 14.8. The number of carbonyl (C=O) groups is 1. The van der Waals surface area contributed by atoms with Crippen LogP contribution in [-0.2, 0) is 10.2 Å². The number of esters is 1. The summed E-state index contributed by atoms with van der Waals surface area (Å²) in [5.41, 5.74) is 3.77. The number of para-hydroxylation sites is 1. The molecule has 4 nitrogen and oxygen atoms in total. The number of ether oxygens (including phenoxy) is 1. The van der Waals surface area contributed by atoms with E-state index in [0.29, 0.717) is 22.4 Å². The van der Waals surface area contributed by atoms with E-state index in [9.17, 15) is 9.18 Å². The molecule has 1 atom stereocenters. The van der Waals surface area contributed by atoms with Gasteiger partial charge in [-0.15, -0.1) is 13.2 Å². The van der Waals surface area contributed by atoms with Crippen LogP contribution >= 0.6 is 0 Å². The summed E-state index contributed by atoms with van der Waals surface area (Å²) in [5, 5.41) is 1.69. The molecule has 0 spiro atoms. The maximum atomic E-state index is 14.8. The van der Waals surface area contributed by atoms with E-state index in [2.05, 4.69) is 66.5 Å². The first-order valence-electron chi connectivity index (χ1n) is 12.6. The minimum absolute atomic E-state index is 0.104. The number of aromatic nitrogens is 2. The summed E-state index contributed by atoms with van der Waals surface area (Å²) in [6, 6.07) is 9.17. The van der Waals surface area contributed by atoms with Crippen LogP contribution < -0.4 is 4.74 Å². The fourth-order valence-electron chi connectivity index (χ4n) is 4.35. The van der Waals surface area contributed by atoms with Crippen LogP contribution in [0.15, 0.2) is 62.3 Å². The Morgan fingerprint density at radius 2 is 1.89 bits per heavy atom. The largest absolute Gasteiger partial charge is 0.421 e. The number of benzene rings is 2. The Labute approximate surface area is 214 Å². The quantitative estimate of drug-likeness (QED) is 0.159. The molecule has 0 bridgehead atoms. The topological polar surface area (TPSA) is 43.6 Å². The molecule has 1 unspecified atom stereocenters. The van der Waals surface area contributed by atoms with Gasteiger partial charge in [0.1, 0.15) is 17.0 Å². The highest BCUT2D eigenvalue weighted by atomic mass is 19.1. The highest BCUT2D eigenvalue weighted by Gasteiger charge is 2.24. The number of halogens is 1. The minimum Gasteiger partial charge on any atom is -0.421 e. The third kappa shape index (κ3) is 5.51. The molecule has 0 aliphatic carbocycles. The summed E-state index contributed by atoms with van der Waals surface area (Å²) in [6.07, 6.45) is 4.84. The van der Waals surface area contributed by atoms with Crippen LogP contribution in [0.2, 0.25) is 0 Å². The third-order valence-electron chi connectivity index (χ3n) is 6.06. The first-order chi connectivity index (χ1) is 17.2. The molecule has 192 valence electrons. The lowest BCUT2D eigenvalue weighted by molar-refractivity contribution is -0.128. The second kappa shape index (κ2) is 12.0. The number of fused-ring (bicyclic) bond motifs is 5. The van der Waals surface area contributed by atoms with Gasteiger partial charge in [-0.25, -0.2) is 14.2 Å². The Morgan fingerprint density at radius 1 is 1.22 bits per heavy atom. The van der Waals surface area contributed by atoms with E-state index >= 15 is 0 Å². The highest BCUT2D eigenvalue weighted by molar-refractivity contribution is 6.05. The first kappa shape index (κ1) is 28.8. The molecule has 36 heavy (non-hydrogen) atoms. The van der Waals surface area contributed by atoms with E-state index in [1.165, 1.54) is 6.07 Å². The van der Waals surface area contributed by atoms with E-state index in [0.717, 1.165) is 40.8 Å². The van der Waals surface area contributed by atoms with E-state index < -0.39 is 5.97 Å². The van der Waals surface area contributed by atoms with E-state index in [-0.39, 0.29) is 17.2 Å². The zero-order chi connectivity index (χ0) is 27.2. The molecule has 0 saturated heterocycles. The smallest absolute Gasteiger partial charge is 0.335 e. The van der Waals surface area contributed by atoms with Crippen LogP contribution in [0.3, 0.4) is 0 Å². The number of imidazole rings is 1. The van der Waals surface area contributed by atoms with E-state index in [1.807, 2.05) is 13.8 Å². The maximum Gasteiger partial charge on any atom is 0.335 e. The number of rotatable bonds is 5. The van der Waals surface area contributed by atoms with Crippen LogP contribution in [0.5, 0.6) is 5.75 Å². The zero-order valence-electron chi connectivity index (χ0n) is 22.7. The van der Waals surface area contributed by atoms with Crippen molar-refractivity contribution in [2.45, 2.75) is 72.6 Å². The van der Waals surface area contributed by atoms with Crippen molar-refractivity contribution in [1.29, 1.82) is 0 Å². The van der Waals surface area contributed by atoms with Gasteiger partial charge in [-0.05, 0) is 47.1 Å². The van der Waals surface area contributed by atoms with Crippen LogP contribution in [-0.4, -0.2) is 15.4 Å². The average molecular weight is 491 g/mol. The summed E-state index contributed by atoms with van der Waals surface area (Å²) in [6.45, 7) is 24.4. The molecule has 4 aromatic rings. The second-order valence-electron chi connectivity index (χ2n) is 9.46. The van der Waals surface area contributed by atoms with Crippen molar-refractivity contribution in [2.75, 3.05) is 0 Å². The van der Waals surface area contributed by atoms with Gasteiger partial charge in [-0.3, -0.25) is 4.40 Å². The van der Waals surface area contributed by atoms with Crippen molar-refractivity contribution in [3.63, 3.8) is 0 Å². The number of nitrogens with zero attached hydrogens (tertiary/aromatic N) is 2. The molecule has 0 saturated carbocycles. The first-order valence-corrected chi connectivity index (χ1v) is 12.6. The van der Waals surface area contributed by atoms with Gasteiger partial charge >= 0.3 is 5.97 Å². The lowest BCUT2D eigenvalue weighted by Gasteiger charge is -2.24. The van der Waals surface area contributed by atoms with Crippen molar-refractivity contribution in [3.8, 4) is 5.75 Å². The van der Waals surface area contributed by atoms with Crippen molar-refractivity contribution in [3.05, 3.63) is 79.3 Å². The van der Waals surface area contributed by atoms with Crippen LogP contribution in [0, 0.1) is 5.82 Å². The third-order valence-corrected chi connectivity index (χ3v) is 6.06. The summed E-state index contributed by atoms with van der Waals surface area (Å²) in [5.74, 6) is -0.302. The Hall–Kier alpha value is -3.47. The monoisotopic (exact) mass is 490 g/mol. The van der Waals surface area contributed by atoms with Gasteiger partial charge < -0.3 is 4.74 Å². The number of pyridine rings is 1. The minimum atomic E-state index is -0.556. The Balaban J connectivity index is 0.00000109. The molecule has 0 N–H and O–H groups in total. The normalized spacial score (nSPS) is 11.9. The Bertz CT molecular complexity index is 1380. The molecule has 2 heterocycles. The van der Waals surface area contributed by atoms with Crippen molar-refractivity contribution < 1.29 is 13.9 Å². The predicted molar refractivity (Wildman–Crippen MR) is 151 cm³/mol. The fourth-order valence-corrected chi connectivity index (χ4v) is 4.35. The SMILES string of the molecule is C=C.C=CC(=O)Oc1cn2c(nc3cccc(F)c32)c2c(C(C)CCC)cc(C(C)(C)C)cc12.CC. The summed E-state index contributed by atoms with van der Waals surface area (Å²) in [4.78, 5) is 17.0.